The topological polar surface area (TPSA) is 85.6 Å². The van der Waals surface area contributed by atoms with Crippen molar-refractivity contribution in [1.29, 1.82) is 0 Å². The van der Waals surface area contributed by atoms with Gasteiger partial charge in [0.15, 0.2) is 11.4 Å². The highest BCUT2D eigenvalue weighted by atomic mass is 19.1. The van der Waals surface area contributed by atoms with E-state index in [4.69, 9.17) is 4.74 Å². The van der Waals surface area contributed by atoms with Crippen LogP contribution in [0.3, 0.4) is 0 Å². The summed E-state index contributed by atoms with van der Waals surface area (Å²) < 4.78 is 18.7. The molecule has 0 spiro atoms. The van der Waals surface area contributed by atoms with Crippen molar-refractivity contribution in [3.8, 4) is 0 Å². The summed E-state index contributed by atoms with van der Waals surface area (Å²) in [6, 6.07) is 1.32. The van der Waals surface area contributed by atoms with E-state index < -0.39 is 30.2 Å². The summed E-state index contributed by atoms with van der Waals surface area (Å²) in [6.07, 6.45) is -0.301. The second kappa shape index (κ2) is 4.24. The Labute approximate surface area is 112 Å². The van der Waals surface area contributed by atoms with Crippen molar-refractivity contribution in [3.05, 3.63) is 33.2 Å². The Balaban J connectivity index is 2.28. The molecule has 7 heteroatoms. The molecule has 1 N–H and O–H groups in total. The predicted molar refractivity (Wildman–Crippen MR) is 63.9 cm³/mol. The number of halogens is 1. The van der Waals surface area contributed by atoms with Crippen molar-refractivity contribution in [2.45, 2.75) is 31.6 Å². The number of carbonyl (C=O) groups is 2. The van der Waals surface area contributed by atoms with Gasteiger partial charge in [-0.2, -0.15) is 0 Å². The summed E-state index contributed by atoms with van der Waals surface area (Å²) >= 11 is 0. The van der Waals surface area contributed by atoms with Gasteiger partial charge in [-0.1, -0.05) is 0 Å². The number of aliphatic hydroxyl groups is 1. The highest BCUT2D eigenvalue weighted by Crippen LogP contribution is 2.34. The number of Topliss-reactive ketones (excluding diaryl/α,β-unsaturated/α-hetero) is 1. The molecule has 0 saturated heterocycles. The van der Waals surface area contributed by atoms with E-state index in [9.17, 15) is 23.9 Å². The Morgan fingerprint density at radius 3 is 2.85 bits per heavy atom. The van der Waals surface area contributed by atoms with E-state index in [1.807, 2.05) is 0 Å². The number of rotatable bonds is 2. The zero-order valence-corrected chi connectivity index (χ0v) is 10.5. The van der Waals surface area contributed by atoms with Gasteiger partial charge in [-0.05, 0) is 6.07 Å². The van der Waals surface area contributed by atoms with Gasteiger partial charge >= 0.3 is 5.97 Å². The van der Waals surface area contributed by atoms with Gasteiger partial charge in [-0.25, -0.2) is 4.79 Å². The number of nitrogens with zero attached hydrogens (tertiary/aromatic N) is 1. The fraction of sp³-hybridized carbons (Fsp3) is 0.462. The second-order valence-electron chi connectivity index (χ2n) is 4.93. The third kappa shape index (κ3) is 1.56. The minimum absolute atomic E-state index is 0.00194. The first-order valence-electron chi connectivity index (χ1n) is 6.25. The number of cyclic esters (lactones) is 1. The molecule has 1 unspecified atom stereocenters. The summed E-state index contributed by atoms with van der Waals surface area (Å²) in [6.45, 7) is -0.941. The first kappa shape index (κ1) is 13.0. The highest BCUT2D eigenvalue weighted by molar-refractivity contribution is 5.97. The Hall–Kier alpha value is -2.02. The van der Waals surface area contributed by atoms with E-state index in [-0.39, 0.29) is 42.2 Å². The summed E-state index contributed by atoms with van der Waals surface area (Å²) in [4.78, 5) is 35.7. The van der Waals surface area contributed by atoms with E-state index >= 15 is 0 Å². The molecule has 2 aliphatic heterocycles. The average Bonchev–Trinajstić information content (AvgIpc) is 2.78. The molecular weight excluding hydrogens is 269 g/mol. The Morgan fingerprint density at radius 1 is 1.40 bits per heavy atom. The van der Waals surface area contributed by atoms with Crippen LogP contribution in [0.25, 0.3) is 0 Å². The number of esters is 1. The van der Waals surface area contributed by atoms with Crippen LogP contribution in [0.5, 0.6) is 0 Å². The van der Waals surface area contributed by atoms with Crippen LogP contribution in [0.1, 0.15) is 34.5 Å². The van der Waals surface area contributed by atoms with Crippen molar-refractivity contribution >= 4 is 11.8 Å². The van der Waals surface area contributed by atoms with Gasteiger partial charge in [0, 0.05) is 24.9 Å². The maximum atomic E-state index is 12.6. The second-order valence-corrected chi connectivity index (χ2v) is 4.93. The molecule has 0 saturated carbocycles. The monoisotopic (exact) mass is 281 g/mol. The summed E-state index contributed by atoms with van der Waals surface area (Å²) in [5, 5.41) is 10.4. The van der Waals surface area contributed by atoms with Crippen LogP contribution in [0.4, 0.5) is 4.39 Å². The van der Waals surface area contributed by atoms with Gasteiger partial charge in [-0.3, -0.25) is 14.0 Å². The van der Waals surface area contributed by atoms with Gasteiger partial charge in [0.05, 0.1) is 17.9 Å². The standard InChI is InChI=1S/C13H12FNO5/c14-3-2-13(19)8-5-9-10(16)1-4-15(9)11(17)7(8)6-20-12(13)18/h5,19H,1-4,6H2. The quantitative estimate of drug-likeness (QED) is 0.773. The van der Waals surface area contributed by atoms with Crippen molar-refractivity contribution in [2.75, 3.05) is 6.67 Å². The number of alkyl halides is 1. The van der Waals surface area contributed by atoms with Crippen molar-refractivity contribution in [1.82, 2.24) is 4.57 Å². The molecule has 2 aliphatic rings. The third-order valence-electron chi connectivity index (χ3n) is 3.84. The first-order chi connectivity index (χ1) is 9.49. The Bertz CT molecular complexity index is 680. The zero-order valence-electron chi connectivity index (χ0n) is 10.5. The van der Waals surface area contributed by atoms with E-state index in [0.29, 0.717) is 0 Å². The summed E-state index contributed by atoms with van der Waals surface area (Å²) in [5.41, 5.74) is -2.40. The van der Waals surface area contributed by atoms with Gasteiger partial charge in [0.25, 0.3) is 5.56 Å². The molecule has 0 radical (unpaired) electrons. The van der Waals surface area contributed by atoms with Gasteiger partial charge < -0.3 is 14.4 Å². The lowest BCUT2D eigenvalue weighted by atomic mass is 9.86. The number of carbonyl (C=O) groups excluding carboxylic acids is 2. The minimum Gasteiger partial charge on any atom is -0.458 e. The van der Waals surface area contributed by atoms with Crippen molar-refractivity contribution < 1.29 is 23.8 Å². The van der Waals surface area contributed by atoms with Crippen LogP contribution in [0.2, 0.25) is 0 Å². The van der Waals surface area contributed by atoms with Crippen molar-refractivity contribution in [3.63, 3.8) is 0 Å². The van der Waals surface area contributed by atoms with Crippen molar-refractivity contribution in [2.24, 2.45) is 0 Å². The lowest BCUT2D eigenvalue weighted by Crippen LogP contribution is -2.45. The molecule has 1 atom stereocenters. The maximum Gasteiger partial charge on any atom is 0.343 e. The van der Waals surface area contributed by atoms with Crippen LogP contribution in [0, 0.1) is 0 Å². The Morgan fingerprint density at radius 2 is 2.15 bits per heavy atom. The largest absolute Gasteiger partial charge is 0.458 e. The molecule has 106 valence electrons. The normalized spacial score (nSPS) is 24.3. The molecule has 20 heavy (non-hydrogen) atoms. The number of aromatic nitrogens is 1. The van der Waals surface area contributed by atoms with E-state index in [1.165, 1.54) is 10.6 Å². The molecule has 0 aromatic carbocycles. The average molecular weight is 281 g/mol. The maximum absolute atomic E-state index is 12.6. The van der Waals surface area contributed by atoms with Crippen LogP contribution >= 0.6 is 0 Å². The molecule has 3 heterocycles. The molecular formula is C13H12FNO5. The van der Waals surface area contributed by atoms with Gasteiger partial charge in [0.2, 0.25) is 0 Å². The highest BCUT2D eigenvalue weighted by Gasteiger charge is 2.46. The zero-order chi connectivity index (χ0) is 14.5. The van der Waals surface area contributed by atoms with Crippen LogP contribution < -0.4 is 5.56 Å². The van der Waals surface area contributed by atoms with Gasteiger partial charge in [0.1, 0.15) is 6.61 Å². The van der Waals surface area contributed by atoms with E-state index in [1.54, 1.807) is 0 Å². The number of hydrogen-bond donors (Lipinski definition) is 1. The number of ether oxygens (including phenoxy) is 1. The number of pyridine rings is 1. The number of hydrogen-bond acceptors (Lipinski definition) is 5. The summed E-state index contributed by atoms with van der Waals surface area (Å²) in [5.74, 6) is -1.22. The molecule has 3 rings (SSSR count). The van der Waals surface area contributed by atoms with E-state index in [0.717, 1.165) is 0 Å². The lowest BCUT2D eigenvalue weighted by Gasteiger charge is -2.31. The number of fused-ring (bicyclic) bond motifs is 2. The first-order valence-corrected chi connectivity index (χ1v) is 6.25. The fourth-order valence-electron chi connectivity index (χ4n) is 2.73. The third-order valence-corrected chi connectivity index (χ3v) is 3.84. The van der Waals surface area contributed by atoms with E-state index in [2.05, 4.69) is 0 Å². The molecule has 0 amide bonds. The molecule has 1 aromatic rings. The SMILES string of the molecule is O=C1CCn2c1cc1c(c2=O)COC(=O)C1(O)CCF. The van der Waals surface area contributed by atoms with Gasteiger partial charge in [-0.15, -0.1) is 0 Å². The van der Waals surface area contributed by atoms with Crippen LogP contribution in [-0.2, 0) is 28.3 Å². The molecule has 6 nitrogen and oxygen atoms in total. The molecule has 0 aliphatic carbocycles. The molecule has 0 fully saturated rings. The molecule has 1 aromatic heterocycles. The van der Waals surface area contributed by atoms with Crippen LogP contribution in [-0.4, -0.2) is 28.1 Å². The summed E-state index contributed by atoms with van der Waals surface area (Å²) in [7, 11) is 0. The Kier molecular flexibility index (Phi) is 2.75. The molecule has 0 bridgehead atoms. The number of ketones is 1. The smallest absolute Gasteiger partial charge is 0.343 e. The minimum atomic E-state index is -2.19. The fourth-order valence-corrected chi connectivity index (χ4v) is 2.73. The lowest BCUT2D eigenvalue weighted by molar-refractivity contribution is -0.173. The van der Waals surface area contributed by atoms with Crippen LogP contribution in [0.15, 0.2) is 10.9 Å². The predicted octanol–water partition coefficient (Wildman–Crippen LogP) is 0.0387.